The zero-order valence-corrected chi connectivity index (χ0v) is 19.9. The SMILES string of the molecule is CCCOc1ccc(S(=O)(=O)NCC2CCN(C(=O)c3cc4ccccc4o3)CC2)cc1C. The lowest BCUT2D eigenvalue weighted by molar-refractivity contribution is 0.0662. The summed E-state index contributed by atoms with van der Waals surface area (Å²) in [4.78, 5) is 14.8. The number of hydrogen-bond acceptors (Lipinski definition) is 5. The van der Waals surface area contributed by atoms with E-state index in [4.69, 9.17) is 9.15 Å². The molecule has 2 heterocycles. The highest BCUT2D eigenvalue weighted by molar-refractivity contribution is 7.89. The van der Waals surface area contributed by atoms with Crippen LogP contribution in [-0.2, 0) is 10.0 Å². The molecule has 0 unspecified atom stereocenters. The fraction of sp³-hybridized carbons (Fsp3) is 0.400. The Labute approximate surface area is 194 Å². The summed E-state index contributed by atoms with van der Waals surface area (Å²) in [6, 6.07) is 14.3. The number of piperidine rings is 1. The van der Waals surface area contributed by atoms with E-state index in [1.54, 1.807) is 29.2 Å². The number of fused-ring (bicyclic) bond motifs is 1. The Morgan fingerprint density at radius 3 is 2.61 bits per heavy atom. The minimum absolute atomic E-state index is 0.119. The number of aryl methyl sites for hydroxylation is 1. The first kappa shape index (κ1) is 23.3. The first-order valence-corrected chi connectivity index (χ1v) is 12.9. The molecule has 0 bridgehead atoms. The van der Waals surface area contributed by atoms with Crippen molar-refractivity contribution in [2.24, 2.45) is 5.92 Å². The summed E-state index contributed by atoms with van der Waals surface area (Å²) in [5.41, 5.74) is 1.49. The summed E-state index contributed by atoms with van der Waals surface area (Å²) in [7, 11) is -3.61. The highest BCUT2D eigenvalue weighted by Gasteiger charge is 2.27. The summed E-state index contributed by atoms with van der Waals surface area (Å²) < 4.78 is 39.6. The lowest BCUT2D eigenvalue weighted by Gasteiger charge is -2.31. The zero-order valence-electron chi connectivity index (χ0n) is 19.0. The van der Waals surface area contributed by atoms with Crippen molar-refractivity contribution in [2.75, 3.05) is 26.2 Å². The van der Waals surface area contributed by atoms with E-state index in [9.17, 15) is 13.2 Å². The number of rotatable bonds is 8. The molecule has 1 N–H and O–H groups in total. The fourth-order valence-corrected chi connectivity index (χ4v) is 5.26. The van der Waals surface area contributed by atoms with Gasteiger partial charge in [-0.05, 0) is 68.0 Å². The molecule has 176 valence electrons. The van der Waals surface area contributed by atoms with Gasteiger partial charge in [0.25, 0.3) is 5.91 Å². The maximum Gasteiger partial charge on any atom is 0.289 e. The number of likely N-dealkylation sites (tertiary alicyclic amines) is 1. The van der Waals surface area contributed by atoms with E-state index in [0.29, 0.717) is 43.3 Å². The minimum Gasteiger partial charge on any atom is -0.493 e. The van der Waals surface area contributed by atoms with E-state index in [1.807, 2.05) is 38.1 Å². The molecule has 2 aromatic carbocycles. The molecule has 33 heavy (non-hydrogen) atoms. The van der Waals surface area contributed by atoms with Crippen LogP contribution in [-0.4, -0.2) is 45.5 Å². The van der Waals surface area contributed by atoms with Gasteiger partial charge in [-0.3, -0.25) is 4.79 Å². The van der Waals surface area contributed by atoms with Crippen LogP contribution in [0.3, 0.4) is 0 Å². The number of para-hydroxylation sites is 1. The highest BCUT2D eigenvalue weighted by Crippen LogP contribution is 2.25. The number of carbonyl (C=O) groups is 1. The lowest BCUT2D eigenvalue weighted by Crippen LogP contribution is -2.41. The van der Waals surface area contributed by atoms with Crippen LogP contribution in [0.15, 0.2) is 57.8 Å². The van der Waals surface area contributed by atoms with Gasteiger partial charge in [0.1, 0.15) is 11.3 Å². The molecule has 0 atom stereocenters. The number of sulfonamides is 1. The number of ether oxygens (including phenoxy) is 1. The molecule has 0 aliphatic carbocycles. The van der Waals surface area contributed by atoms with E-state index in [-0.39, 0.29) is 16.7 Å². The smallest absolute Gasteiger partial charge is 0.289 e. The largest absolute Gasteiger partial charge is 0.493 e. The molecule has 0 spiro atoms. The molecule has 7 nitrogen and oxygen atoms in total. The lowest BCUT2D eigenvalue weighted by atomic mass is 9.97. The topological polar surface area (TPSA) is 88.9 Å². The molecule has 4 rings (SSSR count). The second kappa shape index (κ2) is 9.97. The van der Waals surface area contributed by atoms with Crippen LogP contribution in [0, 0.1) is 12.8 Å². The number of nitrogens with zero attached hydrogens (tertiary/aromatic N) is 1. The number of furan rings is 1. The second-order valence-corrected chi connectivity index (χ2v) is 10.3. The predicted molar refractivity (Wildman–Crippen MR) is 127 cm³/mol. The van der Waals surface area contributed by atoms with Crippen molar-refractivity contribution in [3.8, 4) is 5.75 Å². The quantitative estimate of drug-likeness (QED) is 0.528. The Morgan fingerprint density at radius 2 is 1.91 bits per heavy atom. The normalized spacial score (nSPS) is 15.2. The van der Waals surface area contributed by atoms with Crippen LogP contribution < -0.4 is 9.46 Å². The molecule has 1 aliphatic rings. The molecular weight excluding hydrogens is 440 g/mol. The van der Waals surface area contributed by atoms with Crippen LogP contribution in [0.1, 0.15) is 42.3 Å². The molecule has 0 saturated carbocycles. The number of carbonyl (C=O) groups excluding carboxylic acids is 1. The van der Waals surface area contributed by atoms with Crippen molar-refractivity contribution in [1.82, 2.24) is 9.62 Å². The first-order valence-electron chi connectivity index (χ1n) is 11.4. The predicted octanol–water partition coefficient (Wildman–Crippen LogP) is 4.36. The standard InChI is InChI=1S/C25H30N2O5S/c1-3-14-31-22-9-8-21(15-18(22)2)33(29,30)26-17-19-10-12-27(13-11-19)25(28)24-16-20-6-4-5-7-23(20)32-24/h4-9,15-16,19,26H,3,10-14,17H2,1-2H3. The van der Waals surface area contributed by atoms with Gasteiger partial charge < -0.3 is 14.1 Å². The molecule has 8 heteroatoms. The maximum atomic E-state index is 12.8. The first-order chi connectivity index (χ1) is 15.9. The van der Waals surface area contributed by atoms with Crippen molar-refractivity contribution in [3.63, 3.8) is 0 Å². The van der Waals surface area contributed by atoms with E-state index in [0.717, 1.165) is 30.2 Å². The Hall–Kier alpha value is -2.84. The van der Waals surface area contributed by atoms with Gasteiger partial charge in [0.05, 0.1) is 11.5 Å². The van der Waals surface area contributed by atoms with Gasteiger partial charge in [-0.2, -0.15) is 0 Å². The molecular formula is C25H30N2O5S. The van der Waals surface area contributed by atoms with Gasteiger partial charge in [0, 0.05) is 25.0 Å². The van der Waals surface area contributed by atoms with Gasteiger partial charge in [0.2, 0.25) is 10.0 Å². The third-order valence-electron chi connectivity index (χ3n) is 6.02. The molecule has 0 radical (unpaired) electrons. The number of benzene rings is 2. The van der Waals surface area contributed by atoms with Crippen molar-refractivity contribution in [3.05, 3.63) is 59.9 Å². The highest BCUT2D eigenvalue weighted by atomic mass is 32.2. The van der Waals surface area contributed by atoms with Crippen LogP contribution in [0.4, 0.5) is 0 Å². The molecule has 1 aromatic heterocycles. The third kappa shape index (κ3) is 5.39. The number of nitrogens with one attached hydrogen (secondary N) is 1. The van der Waals surface area contributed by atoms with E-state index < -0.39 is 10.0 Å². The van der Waals surface area contributed by atoms with Gasteiger partial charge >= 0.3 is 0 Å². The Kier molecular flexibility index (Phi) is 7.05. The van der Waals surface area contributed by atoms with E-state index in [1.165, 1.54) is 0 Å². The van der Waals surface area contributed by atoms with E-state index >= 15 is 0 Å². The van der Waals surface area contributed by atoms with Gasteiger partial charge in [-0.1, -0.05) is 25.1 Å². The van der Waals surface area contributed by atoms with Crippen molar-refractivity contribution < 1.29 is 22.4 Å². The van der Waals surface area contributed by atoms with Gasteiger partial charge in [-0.25, -0.2) is 13.1 Å². The Bertz CT molecular complexity index is 1190. The molecule has 3 aromatic rings. The molecule has 1 saturated heterocycles. The Morgan fingerprint density at radius 1 is 1.15 bits per heavy atom. The molecule has 1 aliphatic heterocycles. The summed E-state index contributed by atoms with van der Waals surface area (Å²) in [5.74, 6) is 1.10. The molecule has 1 amide bonds. The second-order valence-electron chi connectivity index (χ2n) is 8.51. The minimum atomic E-state index is -3.61. The van der Waals surface area contributed by atoms with Crippen LogP contribution in [0.5, 0.6) is 5.75 Å². The van der Waals surface area contributed by atoms with Gasteiger partial charge in [-0.15, -0.1) is 0 Å². The summed E-state index contributed by atoms with van der Waals surface area (Å²) in [6.07, 6.45) is 2.36. The summed E-state index contributed by atoms with van der Waals surface area (Å²) in [5, 5.41) is 0.908. The summed E-state index contributed by atoms with van der Waals surface area (Å²) in [6.45, 7) is 5.97. The average Bonchev–Trinajstić information content (AvgIpc) is 3.26. The maximum absolute atomic E-state index is 12.8. The van der Waals surface area contributed by atoms with E-state index in [2.05, 4.69) is 4.72 Å². The van der Waals surface area contributed by atoms with Crippen molar-refractivity contribution in [1.29, 1.82) is 0 Å². The molecule has 1 fully saturated rings. The van der Waals surface area contributed by atoms with Crippen LogP contribution in [0.2, 0.25) is 0 Å². The van der Waals surface area contributed by atoms with Crippen molar-refractivity contribution >= 4 is 26.9 Å². The van der Waals surface area contributed by atoms with Crippen molar-refractivity contribution in [2.45, 2.75) is 38.0 Å². The summed E-state index contributed by atoms with van der Waals surface area (Å²) >= 11 is 0. The van der Waals surface area contributed by atoms with Crippen LogP contribution >= 0.6 is 0 Å². The third-order valence-corrected chi connectivity index (χ3v) is 7.44. The monoisotopic (exact) mass is 470 g/mol. The Balaban J connectivity index is 1.30. The zero-order chi connectivity index (χ0) is 23.4. The number of amides is 1. The fourth-order valence-electron chi connectivity index (χ4n) is 4.06. The van der Waals surface area contributed by atoms with Crippen LogP contribution in [0.25, 0.3) is 11.0 Å². The van der Waals surface area contributed by atoms with Gasteiger partial charge in [0.15, 0.2) is 5.76 Å². The average molecular weight is 471 g/mol. The number of hydrogen-bond donors (Lipinski definition) is 1.